The van der Waals surface area contributed by atoms with Crippen LogP contribution in [0.4, 0.5) is 21.8 Å². The monoisotopic (exact) mass is 327 g/mol. The van der Waals surface area contributed by atoms with E-state index < -0.39 is 0 Å². The summed E-state index contributed by atoms with van der Waals surface area (Å²) in [6.07, 6.45) is 4.33. The predicted molar refractivity (Wildman–Crippen MR) is 92.2 cm³/mol. The molecule has 2 aromatic heterocycles. The molecule has 7 nitrogen and oxygen atoms in total. The van der Waals surface area contributed by atoms with Gasteiger partial charge in [0.25, 0.3) is 0 Å². The van der Waals surface area contributed by atoms with E-state index in [1.54, 1.807) is 48.5 Å². The van der Waals surface area contributed by atoms with Crippen molar-refractivity contribution < 1.29 is 5.82 Å². The summed E-state index contributed by atoms with van der Waals surface area (Å²) in [7, 11) is 1.77. The molecule has 3 aromatic rings. The summed E-state index contributed by atoms with van der Waals surface area (Å²) in [6, 6.07) is 8.29. The summed E-state index contributed by atoms with van der Waals surface area (Å²) in [5.74, 6) is 0.682. The lowest BCUT2D eigenvalue weighted by atomic mass is 10.2. The van der Waals surface area contributed by atoms with Crippen molar-refractivity contribution in [2.24, 2.45) is 7.05 Å². The van der Waals surface area contributed by atoms with E-state index >= 15 is 0 Å². The molecule has 0 aliphatic rings. The molecular weight excluding hydrogens is 309 g/mol. The Morgan fingerprint density at radius 3 is 2.88 bits per heavy atom. The van der Waals surface area contributed by atoms with Gasteiger partial charge in [0.15, 0.2) is 0 Å². The average molecular weight is 327 g/mol. The molecule has 8 heteroatoms. The molecule has 124 valence electrons. The van der Waals surface area contributed by atoms with Gasteiger partial charge in [-0.3, -0.25) is 4.68 Å². The van der Waals surface area contributed by atoms with Gasteiger partial charge in [-0.2, -0.15) is 0 Å². The fourth-order valence-electron chi connectivity index (χ4n) is 2.15. The number of rotatable bonds is 6. The smallest absolute Gasteiger partial charge is 0.247 e. The summed E-state index contributed by atoms with van der Waals surface area (Å²) in [5.41, 5.74) is 1.82. The molecule has 3 N–H and O–H groups in total. The zero-order valence-electron chi connectivity index (χ0n) is 13.0. The van der Waals surface area contributed by atoms with Crippen LogP contribution < -0.4 is 10.6 Å². The fourth-order valence-corrected chi connectivity index (χ4v) is 2.15. The van der Waals surface area contributed by atoms with Crippen molar-refractivity contribution in [3.05, 3.63) is 59.8 Å². The minimum absolute atomic E-state index is 0. The summed E-state index contributed by atoms with van der Waals surface area (Å²) in [6.45, 7) is 0.304. The number of nitrogens with zero attached hydrogens (tertiary/aromatic N) is 4. The van der Waals surface area contributed by atoms with Gasteiger partial charge in [0.2, 0.25) is 5.95 Å². The Labute approximate surface area is 139 Å². The van der Waals surface area contributed by atoms with Crippen LogP contribution in [0.15, 0.2) is 42.9 Å². The molecule has 0 bridgehead atoms. The molecule has 0 atom stereocenters. The van der Waals surface area contributed by atoms with Gasteiger partial charge in [-0.15, -0.1) is 5.10 Å². The molecule has 24 heavy (non-hydrogen) atoms. The fraction of sp³-hybridized carbons (Fsp3) is 0.125. The first kappa shape index (κ1) is 15.6. The second kappa shape index (κ2) is 6.86. The third-order valence-corrected chi connectivity index (χ3v) is 3.36. The highest BCUT2D eigenvalue weighted by atomic mass is 19.1. The van der Waals surface area contributed by atoms with Crippen LogP contribution in [-0.2, 0) is 13.6 Å². The normalized spacial score (nSPS) is 10.4. The van der Waals surface area contributed by atoms with Crippen molar-refractivity contribution in [2.45, 2.75) is 6.54 Å². The van der Waals surface area contributed by atoms with Crippen molar-refractivity contribution in [3.8, 4) is 0 Å². The molecule has 0 aliphatic heterocycles. The maximum absolute atomic E-state index is 13.7. The molecule has 0 saturated heterocycles. The predicted octanol–water partition coefficient (Wildman–Crippen LogP) is 2.95. The van der Waals surface area contributed by atoms with E-state index in [0.717, 1.165) is 0 Å². The number of aromatic nitrogens is 4. The van der Waals surface area contributed by atoms with Crippen LogP contribution >= 0.6 is 0 Å². The zero-order valence-corrected chi connectivity index (χ0v) is 13.0. The SMILES string of the molecule is Cn1cnc(Nc2cc(NCc3ccccc3F)c(C=N)cn2)n1.[HH]. The van der Waals surface area contributed by atoms with E-state index in [1.165, 1.54) is 12.3 Å². The van der Waals surface area contributed by atoms with E-state index in [0.29, 0.717) is 35.1 Å². The lowest BCUT2D eigenvalue weighted by molar-refractivity contribution is 0.613. The van der Waals surface area contributed by atoms with Crippen LogP contribution in [0.25, 0.3) is 0 Å². The largest absolute Gasteiger partial charge is 0.380 e. The van der Waals surface area contributed by atoms with Crippen LogP contribution in [0.3, 0.4) is 0 Å². The minimum Gasteiger partial charge on any atom is -0.380 e. The number of hydrogen-bond acceptors (Lipinski definition) is 6. The van der Waals surface area contributed by atoms with Gasteiger partial charge in [-0.25, -0.2) is 14.4 Å². The number of anilines is 3. The van der Waals surface area contributed by atoms with E-state index in [1.807, 2.05) is 0 Å². The molecule has 3 rings (SSSR count). The van der Waals surface area contributed by atoms with E-state index in [-0.39, 0.29) is 7.24 Å². The Morgan fingerprint density at radius 2 is 2.17 bits per heavy atom. The van der Waals surface area contributed by atoms with Crippen molar-refractivity contribution in [1.29, 1.82) is 5.41 Å². The Morgan fingerprint density at radius 1 is 1.33 bits per heavy atom. The van der Waals surface area contributed by atoms with Crippen LogP contribution in [0.5, 0.6) is 0 Å². The van der Waals surface area contributed by atoms with Crippen molar-refractivity contribution in [1.82, 2.24) is 19.7 Å². The van der Waals surface area contributed by atoms with Crippen molar-refractivity contribution in [3.63, 3.8) is 0 Å². The van der Waals surface area contributed by atoms with E-state index in [4.69, 9.17) is 5.41 Å². The second-order valence-corrected chi connectivity index (χ2v) is 5.11. The van der Waals surface area contributed by atoms with Gasteiger partial charge in [0, 0.05) is 50.3 Å². The zero-order chi connectivity index (χ0) is 16.9. The number of nitrogens with one attached hydrogen (secondary N) is 3. The number of benzene rings is 1. The van der Waals surface area contributed by atoms with Crippen LogP contribution in [0.1, 0.15) is 12.6 Å². The number of halogens is 1. The van der Waals surface area contributed by atoms with Crippen molar-refractivity contribution >= 4 is 23.7 Å². The summed E-state index contributed by atoms with van der Waals surface area (Å²) >= 11 is 0. The number of aryl methyl sites for hydroxylation is 1. The van der Waals surface area contributed by atoms with Gasteiger partial charge < -0.3 is 16.0 Å². The summed E-state index contributed by atoms with van der Waals surface area (Å²) in [4.78, 5) is 8.30. The first-order chi connectivity index (χ1) is 11.7. The Hall–Kier alpha value is -3.29. The third kappa shape index (κ3) is 3.54. The first-order valence-electron chi connectivity index (χ1n) is 7.26. The highest BCUT2D eigenvalue weighted by Gasteiger charge is 2.07. The van der Waals surface area contributed by atoms with Gasteiger partial charge in [-0.05, 0) is 6.07 Å². The van der Waals surface area contributed by atoms with Gasteiger partial charge in [-0.1, -0.05) is 18.2 Å². The number of hydrogen-bond donors (Lipinski definition) is 3. The third-order valence-electron chi connectivity index (χ3n) is 3.36. The van der Waals surface area contributed by atoms with Crippen LogP contribution in [0.2, 0.25) is 0 Å². The van der Waals surface area contributed by atoms with Gasteiger partial charge in [0.05, 0.1) is 0 Å². The molecule has 0 saturated carbocycles. The summed E-state index contributed by atoms with van der Waals surface area (Å²) in [5, 5.41) is 17.7. The van der Waals surface area contributed by atoms with Crippen LogP contribution in [0, 0.1) is 11.2 Å². The Balaban J connectivity index is 0.00000225. The number of pyridine rings is 1. The van der Waals surface area contributed by atoms with Crippen LogP contribution in [-0.4, -0.2) is 26.0 Å². The molecule has 0 unspecified atom stereocenters. The summed E-state index contributed by atoms with van der Waals surface area (Å²) < 4.78 is 15.3. The average Bonchev–Trinajstić information content (AvgIpc) is 2.99. The lowest BCUT2D eigenvalue weighted by Gasteiger charge is -2.11. The van der Waals surface area contributed by atoms with Crippen molar-refractivity contribution in [2.75, 3.05) is 10.6 Å². The van der Waals surface area contributed by atoms with Gasteiger partial charge in [0.1, 0.15) is 18.0 Å². The molecule has 0 amide bonds. The molecule has 2 heterocycles. The van der Waals surface area contributed by atoms with E-state index in [2.05, 4.69) is 25.7 Å². The molecule has 0 fully saturated rings. The maximum Gasteiger partial charge on any atom is 0.247 e. The standard InChI is InChI=1S/C16H16FN7.H2/c1-24-10-21-16(23-24)22-15-6-14(12(7-18)9-20-15)19-8-11-4-2-3-5-13(11)17;/h2-7,9-10,18H,8H2,1H3,(H2,19,20,22,23);1H. The minimum atomic E-state index is -0.272. The molecule has 0 spiro atoms. The molecule has 0 radical (unpaired) electrons. The first-order valence-corrected chi connectivity index (χ1v) is 7.26. The lowest BCUT2D eigenvalue weighted by Crippen LogP contribution is -2.06. The molecule has 1 aromatic carbocycles. The van der Waals surface area contributed by atoms with Gasteiger partial charge >= 0.3 is 0 Å². The second-order valence-electron chi connectivity index (χ2n) is 5.11. The maximum atomic E-state index is 13.7. The topological polar surface area (TPSA) is 91.5 Å². The molecule has 0 aliphatic carbocycles. The quantitative estimate of drug-likeness (QED) is 0.605. The highest BCUT2D eigenvalue weighted by molar-refractivity contribution is 5.86. The molecular formula is C16H18FN7. The Kier molecular flexibility index (Phi) is 4.46. The highest BCUT2D eigenvalue weighted by Crippen LogP contribution is 2.20. The van der Waals surface area contributed by atoms with E-state index in [9.17, 15) is 4.39 Å². The Bertz CT molecular complexity index is 865.